The van der Waals surface area contributed by atoms with E-state index >= 15 is 0 Å². The minimum Gasteiger partial charge on any atom is -0.355 e. The molecule has 0 aliphatic heterocycles. The molecule has 0 radical (unpaired) electrons. The van der Waals surface area contributed by atoms with Crippen LogP contribution in [0.3, 0.4) is 0 Å². The van der Waals surface area contributed by atoms with Crippen LogP contribution in [0.4, 0.5) is 0 Å². The fraction of sp³-hybridized carbons (Fsp3) is 0.900. The molecule has 0 unspecified atom stereocenters. The molecule has 5 heteroatoms. The van der Waals surface area contributed by atoms with Crippen molar-refractivity contribution in [3.63, 3.8) is 0 Å². The van der Waals surface area contributed by atoms with Gasteiger partial charge in [-0.15, -0.1) is 0 Å². The molecule has 0 aromatic rings. The third-order valence-electron chi connectivity index (χ3n) is 1.85. The van der Waals surface area contributed by atoms with E-state index in [1.54, 1.807) is 14.2 Å². The molecular weight excluding hydrogens is 196 g/mol. The van der Waals surface area contributed by atoms with Crippen LogP contribution < -0.4 is 5.32 Å². The highest BCUT2D eigenvalue weighted by atomic mass is 16.7. The lowest BCUT2D eigenvalue weighted by atomic mass is 10.4. The van der Waals surface area contributed by atoms with Gasteiger partial charge in [-0.25, -0.2) is 0 Å². The van der Waals surface area contributed by atoms with Gasteiger partial charge in [-0.3, -0.25) is 9.69 Å². The summed E-state index contributed by atoms with van der Waals surface area (Å²) >= 11 is 0. The van der Waals surface area contributed by atoms with Gasteiger partial charge in [0, 0.05) is 26.8 Å². The zero-order valence-electron chi connectivity index (χ0n) is 10.2. The van der Waals surface area contributed by atoms with Crippen molar-refractivity contribution in [2.75, 3.05) is 34.4 Å². The molecule has 0 atom stereocenters. The number of ether oxygens (including phenoxy) is 2. The second-order valence-electron chi connectivity index (χ2n) is 3.82. The number of amides is 1. The largest absolute Gasteiger partial charge is 0.355 e. The molecule has 0 aliphatic carbocycles. The Kier molecular flexibility index (Phi) is 7.29. The third kappa shape index (κ3) is 7.30. The molecule has 5 nitrogen and oxygen atoms in total. The molecule has 0 bridgehead atoms. The third-order valence-corrected chi connectivity index (χ3v) is 1.85. The van der Waals surface area contributed by atoms with E-state index in [4.69, 9.17) is 9.47 Å². The van der Waals surface area contributed by atoms with Gasteiger partial charge in [0.25, 0.3) is 0 Å². The molecule has 0 heterocycles. The van der Waals surface area contributed by atoms with Crippen LogP contribution in [0.5, 0.6) is 0 Å². The Balaban J connectivity index is 3.81. The first-order chi connectivity index (χ1) is 6.99. The molecule has 0 saturated heterocycles. The summed E-state index contributed by atoms with van der Waals surface area (Å²) in [6, 6.07) is 0.173. The zero-order chi connectivity index (χ0) is 11.8. The Morgan fingerprint density at radius 3 is 2.27 bits per heavy atom. The standard InChI is InChI=1S/C10H22N2O3/c1-8(2)11-9(13)6-12(3)7-10(14-4)15-5/h8,10H,6-7H2,1-5H3,(H,11,13). The highest BCUT2D eigenvalue weighted by Crippen LogP contribution is 1.94. The van der Waals surface area contributed by atoms with Crippen LogP contribution in [0.1, 0.15) is 13.8 Å². The highest BCUT2D eigenvalue weighted by molar-refractivity contribution is 5.78. The molecule has 0 aromatic carbocycles. The van der Waals surface area contributed by atoms with Gasteiger partial charge in [-0.2, -0.15) is 0 Å². The Morgan fingerprint density at radius 1 is 1.33 bits per heavy atom. The molecule has 0 aliphatic rings. The van der Waals surface area contributed by atoms with E-state index in [1.807, 2.05) is 25.8 Å². The second-order valence-corrected chi connectivity index (χ2v) is 3.82. The molecule has 1 N–H and O–H groups in total. The number of rotatable bonds is 7. The lowest BCUT2D eigenvalue weighted by Crippen LogP contribution is -2.41. The summed E-state index contributed by atoms with van der Waals surface area (Å²) in [6.45, 7) is 4.79. The second kappa shape index (κ2) is 7.62. The number of nitrogens with one attached hydrogen (secondary N) is 1. The molecule has 1 amide bonds. The van der Waals surface area contributed by atoms with E-state index in [0.717, 1.165) is 0 Å². The van der Waals surface area contributed by atoms with E-state index in [1.165, 1.54) is 0 Å². The Bertz CT molecular complexity index is 182. The topological polar surface area (TPSA) is 50.8 Å². The predicted octanol–water partition coefficient (Wildman–Crippen LogP) is 0.0617. The summed E-state index contributed by atoms with van der Waals surface area (Å²) in [5.41, 5.74) is 0. The Hall–Kier alpha value is -0.650. The summed E-state index contributed by atoms with van der Waals surface area (Å²) in [7, 11) is 5.01. The predicted molar refractivity (Wildman–Crippen MR) is 58.6 cm³/mol. The fourth-order valence-electron chi connectivity index (χ4n) is 1.18. The lowest BCUT2D eigenvalue weighted by molar-refractivity contribution is -0.128. The quantitative estimate of drug-likeness (QED) is 0.614. The lowest BCUT2D eigenvalue weighted by Gasteiger charge is -2.21. The van der Waals surface area contributed by atoms with Gasteiger partial charge >= 0.3 is 0 Å². The van der Waals surface area contributed by atoms with Gasteiger partial charge in [-0.05, 0) is 20.9 Å². The maximum Gasteiger partial charge on any atom is 0.234 e. The Labute approximate surface area is 91.7 Å². The van der Waals surface area contributed by atoms with Crippen LogP contribution in [0, 0.1) is 0 Å². The van der Waals surface area contributed by atoms with E-state index in [-0.39, 0.29) is 18.2 Å². The van der Waals surface area contributed by atoms with Gasteiger partial charge in [0.1, 0.15) is 0 Å². The van der Waals surface area contributed by atoms with Gasteiger partial charge in [0.05, 0.1) is 6.54 Å². The van der Waals surface area contributed by atoms with Crippen molar-refractivity contribution in [1.29, 1.82) is 0 Å². The number of hydrogen-bond donors (Lipinski definition) is 1. The van der Waals surface area contributed by atoms with Gasteiger partial charge in [0.15, 0.2) is 6.29 Å². The SMILES string of the molecule is COC(CN(C)CC(=O)NC(C)C)OC. The first-order valence-electron chi connectivity index (χ1n) is 5.03. The van der Waals surface area contributed by atoms with Crippen LogP contribution in [0.2, 0.25) is 0 Å². The number of carbonyl (C=O) groups is 1. The average Bonchev–Trinajstić information content (AvgIpc) is 2.12. The van der Waals surface area contributed by atoms with Gasteiger partial charge < -0.3 is 14.8 Å². The smallest absolute Gasteiger partial charge is 0.234 e. The minimum atomic E-state index is -0.290. The van der Waals surface area contributed by atoms with E-state index < -0.39 is 0 Å². The van der Waals surface area contributed by atoms with Crippen LogP contribution in [0.25, 0.3) is 0 Å². The van der Waals surface area contributed by atoms with E-state index in [2.05, 4.69) is 5.32 Å². The Morgan fingerprint density at radius 2 is 1.87 bits per heavy atom. The zero-order valence-corrected chi connectivity index (χ0v) is 10.2. The van der Waals surface area contributed by atoms with E-state index in [0.29, 0.717) is 13.1 Å². The van der Waals surface area contributed by atoms with Crippen molar-refractivity contribution < 1.29 is 14.3 Å². The minimum absolute atomic E-state index is 0.0125. The number of likely N-dealkylation sites (N-methyl/N-ethyl adjacent to an activating group) is 1. The average molecular weight is 218 g/mol. The number of carbonyl (C=O) groups excluding carboxylic acids is 1. The molecular formula is C10H22N2O3. The molecule has 0 spiro atoms. The monoisotopic (exact) mass is 218 g/mol. The number of nitrogens with zero attached hydrogens (tertiary/aromatic N) is 1. The fourth-order valence-corrected chi connectivity index (χ4v) is 1.18. The van der Waals surface area contributed by atoms with Crippen LogP contribution in [-0.2, 0) is 14.3 Å². The molecule has 0 rings (SSSR count). The van der Waals surface area contributed by atoms with Crippen molar-refractivity contribution in [2.24, 2.45) is 0 Å². The summed E-state index contributed by atoms with van der Waals surface area (Å²) < 4.78 is 10.1. The number of hydrogen-bond acceptors (Lipinski definition) is 4. The molecule has 0 fully saturated rings. The van der Waals surface area contributed by atoms with Crippen molar-refractivity contribution in [2.45, 2.75) is 26.2 Å². The first-order valence-corrected chi connectivity index (χ1v) is 5.03. The normalized spacial score (nSPS) is 11.5. The summed E-state index contributed by atoms with van der Waals surface area (Å²) in [6.07, 6.45) is -0.290. The van der Waals surface area contributed by atoms with Crippen molar-refractivity contribution in [3.8, 4) is 0 Å². The molecule has 0 aromatic heterocycles. The highest BCUT2D eigenvalue weighted by Gasteiger charge is 2.12. The van der Waals surface area contributed by atoms with Gasteiger partial charge in [0.2, 0.25) is 5.91 Å². The summed E-state index contributed by atoms with van der Waals surface area (Å²) in [5.74, 6) is 0.0125. The summed E-state index contributed by atoms with van der Waals surface area (Å²) in [5, 5.41) is 2.82. The molecule has 90 valence electrons. The molecule has 15 heavy (non-hydrogen) atoms. The van der Waals surface area contributed by atoms with Crippen molar-refractivity contribution in [3.05, 3.63) is 0 Å². The van der Waals surface area contributed by atoms with Gasteiger partial charge in [-0.1, -0.05) is 0 Å². The summed E-state index contributed by atoms with van der Waals surface area (Å²) in [4.78, 5) is 13.2. The van der Waals surface area contributed by atoms with Crippen molar-refractivity contribution >= 4 is 5.91 Å². The maximum absolute atomic E-state index is 11.4. The van der Waals surface area contributed by atoms with Crippen LogP contribution >= 0.6 is 0 Å². The van der Waals surface area contributed by atoms with Crippen LogP contribution in [-0.4, -0.2) is 57.5 Å². The van der Waals surface area contributed by atoms with E-state index in [9.17, 15) is 4.79 Å². The number of methoxy groups -OCH3 is 2. The molecule has 0 saturated carbocycles. The van der Waals surface area contributed by atoms with Crippen molar-refractivity contribution in [1.82, 2.24) is 10.2 Å². The van der Waals surface area contributed by atoms with Crippen LogP contribution in [0.15, 0.2) is 0 Å². The first kappa shape index (κ1) is 14.3. The maximum atomic E-state index is 11.4.